The molecule has 0 heterocycles. The summed E-state index contributed by atoms with van der Waals surface area (Å²) in [5.41, 5.74) is 5.16. The molecule has 128 valence electrons. The van der Waals surface area contributed by atoms with E-state index in [1.54, 1.807) is 6.92 Å². The molecule has 0 unspecified atom stereocenters. The van der Waals surface area contributed by atoms with E-state index in [1.165, 1.54) is 18.2 Å². The van der Waals surface area contributed by atoms with Gasteiger partial charge in [-0.2, -0.15) is 0 Å². The highest BCUT2D eigenvalue weighted by molar-refractivity contribution is 9.10. The summed E-state index contributed by atoms with van der Waals surface area (Å²) >= 11 is 8.85. The summed E-state index contributed by atoms with van der Waals surface area (Å²) in [7, 11) is -4.30. The van der Waals surface area contributed by atoms with Gasteiger partial charge in [0.25, 0.3) is 15.9 Å². The Morgan fingerprint density at radius 1 is 1.21 bits per heavy atom. The molecule has 10 heteroatoms. The third-order valence-electron chi connectivity index (χ3n) is 3.05. The topological polar surface area (TPSA) is 130 Å². The van der Waals surface area contributed by atoms with E-state index >= 15 is 0 Å². The summed E-state index contributed by atoms with van der Waals surface area (Å²) in [5, 5.41) is 19.8. The number of carbonyl (C=O) groups excluding carboxylic acids is 1. The molecule has 0 bridgehead atoms. The molecule has 0 fully saturated rings. The summed E-state index contributed by atoms with van der Waals surface area (Å²) in [6, 6.07) is 5.11. The van der Waals surface area contributed by atoms with Crippen molar-refractivity contribution in [1.82, 2.24) is 0 Å². The Labute approximate surface area is 151 Å². The van der Waals surface area contributed by atoms with Crippen LogP contribution in [0.15, 0.2) is 33.6 Å². The van der Waals surface area contributed by atoms with Crippen LogP contribution in [0.25, 0.3) is 0 Å². The second-order valence-corrected chi connectivity index (χ2v) is 7.89. The van der Waals surface area contributed by atoms with E-state index in [9.17, 15) is 23.4 Å². The smallest absolute Gasteiger partial charge is 0.265 e. The van der Waals surface area contributed by atoms with Crippen molar-refractivity contribution in [3.05, 3.63) is 44.9 Å². The Morgan fingerprint density at radius 2 is 1.83 bits per heavy atom. The number of sulfonamides is 1. The number of primary amides is 1. The van der Waals surface area contributed by atoms with E-state index in [-0.39, 0.29) is 16.3 Å². The van der Waals surface area contributed by atoms with Crippen LogP contribution in [-0.2, 0) is 10.0 Å². The molecular formula is C14H12BrClN2O5S. The highest BCUT2D eigenvalue weighted by Crippen LogP contribution is 2.37. The van der Waals surface area contributed by atoms with Gasteiger partial charge in [-0.1, -0.05) is 27.5 Å². The summed E-state index contributed by atoms with van der Waals surface area (Å²) in [6.45, 7) is 1.59. The van der Waals surface area contributed by atoms with Gasteiger partial charge < -0.3 is 15.9 Å². The first-order valence-electron chi connectivity index (χ1n) is 6.37. The normalized spacial score (nSPS) is 11.3. The average Bonchev–Trinajstić information content (AvgIpc) is 2.45. The molecule has 0 spiro atoms. The highest BCUT2D eigenvalue weighted by atomic mass is 79.9. The van der Waals surface area contributed by atoms with Gasteiger partial charge in [-0.05, 0) is 36.8 Å². The van der Waals surface area contributed by atoms with Crippen molar-refractivity contribution in [3.8, 4) is 11.5 Å². The van der Waals surface area contributed by atoms with E-state index in [0.717, 1.165) is 6.07 Å². The lowest BCUT2D eigenvalue weighted by Gasteiger charge is -2.14. The lowest BCUT2D eigenvalue weighted by Crippen LogP contribution is -2.16. The summed E-state index contributed by atoms with van der Waals surface area (Å²) in [5.74, 6) is -2.17. The number of nitrogens with one attached hydrogen (secondary N) is 1. The molecule has 5 N–H and O–H groups in total. The van der Waals surface area contributed by atoms with Crippen molar-refractivity contribution < 1.29 is 23.4 Å². The van der Waals surface area contributed by atoms with Gasteiger partial charge in [-0.25, -0.2) is 8.42 Å². The lowest BCUT2D eigenvalue weighted by atomic mass is 10.1. The second kappa shape index (κ2) is 6.50. The zero-order valence-corrected chi connectivity index (χ0v) is 15.3. The van der Waals surface area contributed by atoms with Crippen LogP contribution in [0.3, 0.4) is 0 Å². The van der Waals surface area contributed by atoms with Crippen molar-refractivity contribution in [2.75, 3.05) is 4.72 Å². The molecular weight excluding hydrogens is 424 g/mol. The molecule has 0 atom stereocenters. The first-order valence-corrected chi connectivity index (χ1v) is 9.02. The van der Waals surface area contributed by atoms with Gasteiger partial charge in [0, 0.05) is 4.47 Å². The Morgan fingerprint density at radius 3 is 2.42 bits per heavy atom. The number of amides is 1. The number of nitrogens with two attached hydrogens (primary N) is 1. The first-order chi connectivity index (χ1) is 11.0. The van der Waals surface area contributed by atoms with Gasteiger partial charge in [0.15, 0.2) is 11.5 Å². The Hall–Kier alpha value is -1.97. The number of anilines is 1. The third-order valence-corrected chi connectivity index (χ3v) is 5.17. The van der Waals surface area contributed by atoms with Gasteiger partial charge >= 0.3 is 0 Å². The number of hydrogen-bond donors (Lipinski definition) is 4. The van der Waals surface area contributed by atoms with Crippen LogP contribution in [0, 0.1) is 6.92 Å². The first kappa shape index (κ1) is 18.4. The second-order valence-electron chi connectivity index (χ2n) is 4.91. The van der Waals surface area contributed by atoms with Gasteiger partial charge in [-0.3, -0.25) is 9.52 Å². The summed E-state index contributed by atoms with van der Waals surface area (Å²) < 4.78 is 27.4. The molecule has 2 rings (SSSR count). The van der Waals surface area contributed by atoms with Crippen LogP contribution < -0.4 is 10.5 Å². The van der Waals surface area contributed by atoms with Gasteiger partial charge in [-0.15, -0.1) is 0 Å². The molecule has 0 aliphatic carbocycles. The molecule has 0 radical (unpaired) electrons. The van der Waals surface area contributed by atoms with Crippen molar-refractivity contribution in [1.29, 1.82) is 0 Å². The van der Waals surface area contributed by atoms with Gasteiger partial charge in [0.05, 0.1) is 16.3 Å². The fourth-order valence-corrected chi connectivity index (χ4v) is 4.21. The zero-order valence-electron chi connectivity index (χ0n) is 12.2. The van der Waals surface area contributed by atoms with E-state index in [2.05, 4.69) is 20.7 Å². The van der Waals surface area contributed by atoms with Crippen LogP contribution in [0.1, 0.15) is 15.9 Å². The quantitative estimate of drug-likeness (QED) is 0.549. The van der Waals surface area contributed by atoms with E-state index < -0.39 is 32.3 Å². The number of benzene rings is 2. The molecule has 0 aromatic heterocycles. The van der Waals surface area contributed by atoms with Gasteiger partial charge in [0.1, 0.15) is 4.90 Å². The predicted octanol–water partition coefficient (Wildman–Crippen LogP) is 2.72. The Bertz CT molecular complexity index is 947. The van der Waals surface area contributed by atoms with Crippen molar-refractivity contribution >= 4 is 49.1 Å². The lowest BCUT2D eigenvalue weighted by molar-refractivity contribution is 0.0997. The predicted molar refractivity (Wildman–Crippen MR) is 93.0 cm³/mol. The Balaban J connectivity index is 2.57. The average molecular weight is 436 g/mol. The largest absolute Gasteiger partial charge is 0.505 e. The van der Waals surface area contributed by atoms with E-state index in [1.807, 2.05) is 0 Å². The van der Waals surface area contributed by atoms with E-state index in [0.29, 0.717) is 10.0 Å². The number of rotatable bonds is 4. The van der Waals surface area contributed by atoms with Crippen LogP contribution in [0.4, 0.5) is 5.69 Å². The van der Waals surface area contributed by atoms with E-state index in [4.69, 9.17) is 17.3 Å². The van der Waals surface area contributed by atoms with Gasteiger partial charge in [0.2, 0.25) is 0 Å². The van der Waals surface area contributed by atoms with Crippen molar-refractivity contribution in [2.24, 2.45) is 5.73 Å². The number of carbonyl (C=O) groups is 1. The number of aryl methyl sites for hydroxylation is 1. The number of phenols is 2. The number of halogens is 2. The fraction of sp³-hybridized carbons (Fsp3) is 0.0714. The minimum atomic E-state index is -4.30. The maximum atomic E-state index is 12.5. The maximum Gasteiger partial charge on any atom is 0.265 e. The number of phenolic OH excluding ortho intramolecular Hbond substituents is 1. The van der Waals surface area contributed by atoms with Crippen molar-refractivity contribution in [2.45, 2.75) is 11.8 Å². The van der Waals surface area contributed by atoms with Crippen LogP contribution in [0.5, 0.6) is 11.5 Å². The molecule has 2 aromatic rings. The standard InChI is InChI=1S/C14H12BrClN2O5S/c1-6-2-8(14(17)21)12(19)10(3-6)18-24(22,23)11-5-7(15)4-9(16)13(11)20/h2-5,18-20H,1H3,(H2,17,21). The van der Waals surface area contributed by atoms with Crippen LogP contribution >= 0.6 is 27.5 Å². The monoisotopic (exact) mass is 434 g/mol. The molecule has 0 saturated carbocycles. The summed E-state index contributed by atoms with van der Waals surface area (Å²) in [6.07, 6.45) is 0. The number of hydrogen-bond acceptors (Lipinski definition) is 5. The minimum absolute atomic E-state index is 0.170. The molecule has 24 heavy (non-hydrogen) atoms. The zero-order chi connectivity index (χ0) is 18.2. The van der Waals surface area contributed by atoms with Crippen molar-refractivity contribution in [3.63, 3.8) is 0 Å². The molecule has 1 amide bonds. The highest BCUT2D eigenvalue weighted by Gasteiger charge is 2.24. The third kappa shape index (κ3) is 3.58. The number of aromatic hydroxyl groups is 2. The molecule has 2 aromatic carbocycles. The SMILES string of the molecule is Cc1cc(NS(=O)(=O)c2cc(Br)cc(Cl)c2O)c(O)c(C(N)=O)c1. The van der Waals surface area contributed by atoms with Crippen LogP contribution in [0.2, 0.25) is 5.02 Å². The Kier molecular flexibility index (Phi) is 4.97. The minimum Gasteiger partial charge on any atom is -0.505 e. The summed E-state index contributed by atoms with van der Waals surface area (Å²) in [4.78, 5) is 10.8. The van der Waals surface area contributed by atoms with Crippen LogP contribution in [-0.4, -0.2) is 24.5 Å². The maximum absolute atomic E-state index is 12.5. The fourth-order valence-electron chi connectivity index (χ4n) is 1.99. The molecule has 0 aliphatic heterocycles. The molecule has 0 saturated heterocycles. The molecule has 7 nitrogen and oxygen atoms in total. The molecule has 0 aliphatic rings.